The van der Waals surface area contributed by atoms with E-state index in [9.17, 15) is 0 Å². The maximum atomic E-state index is 8.71. The molecule has 3 heteroatoms. The molecule has 0 bridgehead atoms. The Hall–Kier alpha value is -1.69. The van der Waals surface area contributed by atoms with E-state index >= 15 is 0 Å². The summed E-state index contributed by atoms with van der Waals surface area (Å²) in [6.45, 7) is 2.18. The number of anilines is 2. The molecule has 0 aliphatic heterocycles. The van der Waals surface area contributed by atoms with E-state index < -0.39 is 0 Å². The van der Waals surface area contributed by atoms with E-state index in [2.05, 4.69) is 18.3 Å². The number of benzene rings is 1. The summed E-state index contributed by atoms with van der Waals surface area (Å²) in [5, 5.41) is 12.1. The summed E-state index contributed by atoms with van der Waals surface area (Å²) in [5.74, 6) is 0.792. The summed E-state index contributed by atoms with van der Waals surface area (Å²) < 4.78 is 0. The largest absolute Gasteiger partial charge is 0.397 e. The first kappa shape index (κ1) is 9.85. The van der Waals surface area contributed by atoms with Gasteiger partial charge in [-0.05, 0) is 43.9 Å². The van der Waals surface area contributed by atoms with Gasteiger partial charge in [0.1, 0.15) is 0 Å². The zero-order valence-corrected chi connectivity index (χ0v) is 8.83. The van der Waals surface area contributed by atoms with Crippen LogP contribution in [-0.2, 0) is 0 Å². The quantitative estimate of drug-likeness (QED) is 0.738. The van der Waals surface area contributed by atoms with Crippen LogP contribution in [0.5, 0.6) is 0 Å². The van der Waals surface area contributed by atoms with Crippen molar-refractivity contribution in [3.63, 3.8) is 0 Å². The Bertz CT molecular complexity index is 402. The molecule has 78 valence electrons. The highest BCUT2D eigenvalue weighted by Crippen LogP contribution is 2.34. The fraction of sp³-hybridized carbons (Fsp3) is 0.417. The van der Waals surface area contributed by atoms with Crippen molar-refractivity contribution < 1.29 is 0 Å². The number of nitriles is 1. The van der Waals surface area contributed by atoms with Gasteiger partial charge in [-0.25, -0.2) is 0 Å². The molecule has 0 heterocycles. The van der Waals surface area contributed by atoms with Gasteiger partial charge in [-0.1, -0.05) is 0 Å². The molecule has 1 aliphatic rings. The average Bonchev–Trinajstić information content (AvgIpc) is 3.04. The second-order valence-corrected chi connectivity index (χ2v) is 4.18. The van der Waals surface area contributed by atoms with Crippen molar-refractivity contribution in [3.8, 4) is 6.07 Å². The van der Waals surface area contributed by atoms with Crippen LogP contribution in [0.25, 0.3) is 0 Å². The van der Waals surface area contributed by atoms with Gasteiger partial charge in [0, 0.05) is 6.04 Å². The lowest BCUT2D eigenvalue weighted by atomic mass is 10.1. The summed E-state index contributed by atoms with van der Waals surface area (Å²) >= 11 is 0. The topological polar surface area (TPSA) is 61.8 Å². The summed E-state index contributed by atoms with van der Waals surface area (Å²) in [4.78, 5) is 0. The molecule has 0 amide bonds. The molecule has 0 radical (unpaired) electrons. The lowest BCUT2D eigenvalue weighted by Crippen LogP contribution is -2.18. The van der Waals surface area contributed by atoms with Gasteiger partial charge in [0.2, 0.25) is 0 Å². The molecule has 1 saturated carbocycles. The predicted octanol–water partition coefficient (Wildman–Crippen LogP) is 2.35. The molecule has 3 nitrogen and oxygen atoms in total. The van der Waals surface area contributed by atoms with Gasteiger partial charge in [-0.3, -0.25) is 0 Å². The first-order valence-corrected chi connectivity index (χ1v) is 5.27. The first-order valence-electron chi connectivity index (χ1n) is 5.27. The van der Waals surface area contributed by atoms with Crippen molar-refractivity contribution in [1.29, 1.82) is 5.26 Å². The average molecular weight is 201 g/mol. The Morgan fingerprint density at radius 1 is 1.53 bits per heavy atom. The second-order valence-electron chi connectivity index (χ2n) is 4.18. The Morgan fingerprint density at radius 2 is 2.27 bits per heavy atom. The van der Waals surface area contributed by atoms with Crippen molar-refractivity contribution in [1.82, 2.24) is 0 Å². The molecule has 1 fully saturated rings. The minimum Gasteiger partial charge on any atom is -0.397 e. The molecule has 1 aromatic rings. The molecule has 0 aromatic heterocycles. The van der Waals surface area contributed by atoms with Gasteiger partial charge in [0.05, 0.1) is 23.0 Å². The van der Waals surface area contributed by atoms with Crippen LogP contribution < -0.4 is 11.1 Å². The third-order valence-electron chi connectivity index (χ3n) is 2.89. The highest BCUT2D eigenvalue weighted by atomic mass is 14.9. The fourth-order valence-corrected chi connectivity index (χ4v) is 1.72. The third kappa shape index (κ3) is 2.21. The fourth-order valence-electron chi connectivity index (χ4n) is 1.72. The van der Waals surface area contributed by atoms with Crippen LogP contribution in [0.2, 0.25) is 0 Å². The van der Waals surface area contributed by atoms with Crippen LogP contribution in [0, 0.1) is 17.2 Å². The smallest absolute Gasteiger partial charge is 0.0992 e. The third-order valence-corrected chi connectivity index (χ3v) is 2.89. The minimum absolute atomic E-state index is 0.472. The van der Waals surface area contributed by atoms with Gasteiger partial charge >= 0.3 is 0 Å². The van der Waals surface area contributed by atoms with Crippen LogP contribution in [0.1, 0.15) is 25.3 Å². The van der Waals surface area contributed by atoms with Gasteiger partial charge in [-0.2, -0.15) is 5.26 Å². The van der Waals surface area contributed by atoms with E-state index in [1.807, 2.05) is 6.07 Å². The van der Waals surface area contributed by atoms with E-state index in [1.165, 1.54) is 12.8 Å². The summed E-state index contributed by atoms with van der Waals surface area (Å²) in [6.07, 6.45) is 2.62. The normalized spacial score (nSPS) is 16.8. The lowest BCUT2D eigenvalue weighted by Gasteiger charge is -2.16. The Kier molecular flexibility index (Phi) is 2.51. The molecule has 15 heavy (non-hydrogen) atoms. The number of nitrogens with one attached hydrogen (secondary N) is 1. The van der Waals surface area contributed by atoms with Crippen molar-refractivity contribution in [2.45, 2.75) is 25.8 Å². The molecule has 3 N–H and O–H groups in total. The summed E-state index contributed by atoms with van der Waals surface area (Å²) in [6, 6.07) is 7.93. The molecular formula is C12H15N3. The monoisotopic (exact) mass is 201 g/mol. The number of nitrogens with zero attached hydrogens (tertiary/aromatic N) is 1. The van der Waals surface area contributed by atoms with Crippen molar-refractivity contribution in [2.75, 3.05) is 11.1 Å². The maximum Gasteiger partial charge on any atom is 0.0992 e. The number of nitrogen functional groups attached to an aromatic ring is 1. The minimum atomic E-state index is 0.472. The first-order chi connectivity index (χ1) is 7.20. The maximum absolute atomic E-state index is 8.71. The van der Waals surface area contributed by atoms with Gasteiger partial charge in [0.15, 0.2) is 0 Å². The highest BCUT2D eigenvalue weighted by Gasteiger charge is 2.27. The van der Waals surface area contributed by atoms with Crippen LogP contribution in [0.3, 0.4) is 0 Å². The molecule has 0 saturated heterocycles. The van der Waals surface area contributed by atoms with Gasteiger partial charge in [0.25, 0.3) is 0 Å². The summed E-state index contributed by atoms with van der Waals surface area (Å²) in [5.41, 5.74) is 8.05. The number of nitrogens with two attached hydrogens (primary N) is 1. The molecule has 2 rings (SSSR count). The summed E-state index contributed by atoms with van der Waals surface area (Å²) in [7, 11) is 0. The number of hydrogen-bond acceptors (Lipinski definition) is 3. The Labute approximate surface area is 89.9 Å². The van der Waals surface area contributed by atoms with Crippen molar-refractivity contribution >= 4 is 11.4 Å². The zero-order chi connectivity index (χ0) is 10.8. The Balaban J connectivity index is 2.11. The van der Waals surface area contributed by atoms with Crippen LogP contribution in [0.4, 0.5) is 11.4 Å². The van der Waals surface area contributed by atoms with Gasteiger partial charge in [-0.15, -0.1) is 0 Å². The van der Waals surface area contributed by atoms with Crippen molar-refractivity contribution in [2.24, 2.45) is 5.92 Å². The highest BCUT2D eigenvalue weighted by molar-refractivity contribution is 5.68. The van der Waals surface area contributed by atoms with Crippen LogP contribution >= 0.6 is 0 Å². The SMILES string of the molecule is CC(Nc1ccc(C#N)cc1N)C1CC1. The molecule has 1 unspecified atom stereocenters. The van der Waals surface area contributed by atoms with Gasteiger partial charge < -0.3 is 11.1 Å². The predicted molar refractivity (Wildman–Crippen MR) is 61.4 cm³/mol. The molecule has 0 spiro atoms. The second kappa shape index (κ2) is 3.82. The van der Waals surface area contributed by atoms with Crippen LogP contribution in [-0.4, -0.2) is 6.04 Å². The van der Waals surface area contributed by atoms with Crippen molar-refractivity contribution in [3.05, 3.63) is 23.8 Å². The molecule has 1 atom stereocenters. The standard InChI is InChI=1S/C12H15N3/c1-8(10-3-4-10)15-12-5-2-9(7-13)6-11(12)14/h2,5-6,8,10,15H,3-4,14H2,1H3. The van der Waals surface area contributed by atoms with E-state index in [1.54, 1.807) is 12.1 Å². The Morgan fingerprint density at radius 3 is 2.80 bits per heavy atom. The molecule has 1 aliphatic carbocycles. The number of rotatable bonds is 3. The van der Waals surface area contributed by atoms with E-state index in [0.717, 1.165) is 11.6 Å². The molecule has 1 aromatic carbocycles. The lowest BCUT2D eigenvalue weighted by molar-refractivity contribution is 0.694. The van der Waals surface area contributed by atoms with E-state index in [0.29, 0.717) is 17.3 Å². The number of hydrogen-bond donors (Lipinski definition) is 2. The van der Waals surface area contributed by atoms with E-state index in [4.69, 9.17) is 11.0 Å². The van der Waals surface area contributed by atoms with E-state index in [-0.39, 0.29) is 0 Å². The van der Waals surface area contributed by atoms with Crippen LogP contribution in [0.15, 0.2) is 18.2 Å². The zero-order valence-electron chi connectivity index (χ0n) is 8.83. The molecular weight excluding hydrogens is 186 g/mol.